The standard InChI is InChI=1S/C15H22ClN5/c1-4-17-14(13-6-5-12(16)8-18-13)7-15-19-10-20-21(15)9-11(2)3/h5-6,8,10-11,14,17H,4,7,9H2,1-3H3. The van der Waals surface area contributed by atoms with Crippen LogP contribution in [0.2, 0.25) is 5.02 Å². The van der Waals surface area contributed by atoms with Crippen LogP contribution in [-0.4, -0.2) is 26.3 Å². The summed E-state index contributed by atoms with van der Waals surface area (Å²) in [5, 5.41) is 8.41. The Hall–Kier alpha value is -1.46. The first kappa shape index (κ1) is 15.9. The van der Waals surface area contributed by atoms with Crippen molar-refractivity contribution >= 4 is 11.6 Å². The molecule has 2 rings (SSSR count). The van der Waals surface area contributed by atoms with Gasteiger partial charge in [-0.25, -0.2) is 9.67 Å². The van der Waals surface area contributed by atoms with Crippen LogP contribution in [0.3, 0.4) is 0 Å². The van der Waals surface area contributed by atoms with Gasteiger partial charge in [-0.15, -0.1) is 0 Å². The van der Waals surface area contributed by atoms with E-state index in [4.69, 9.17) is 11.6 Å². The van der Waals surface area contributed by atoms with Crippen LogP contribution in [0.5, 0.6) is 0 Å². The van der Waals surface area contributed by atoms with E-state index in [1.807, 2.05) is 16.8 Å². The first-order valence-electron chi connectivity index (χ1n) is 7.31. The number of hydrogen-bond donors (Lipinski definition) is 1. The monoisotopic (exact) mass is 307 g/mol. The maximum Gasteiger partial charge on any atom is 0.138 e. The van der Waals surface area contributed by atoms with Crippen molar-refractivity contribution in [2.24, 2.45) is 5.92 Å². The molecule has 0 saturated heterocycles. The highest BCUT2D eigenvalue weighted by atomic mass is 35.5. The third kappa shape index (κ3) is 4.51. The first-order valence-corrected chi connectivity index (χ1v) is 7.69. The Bertz CT molecular complexity index is 549. The predicted molar refractivity (Wildman–Crippen MR) is 84.2 cm³/mol. The van der Waals surface area contributed by atoms with Gasteiger partial charge in [0, 0.05) is 19.2 Å². The van der Waals surface area contributed by atoms with E-state index in [1.165, 1.54) is 0 Å². The zero-order chi connectivity index (χ0) is 15.2. The second-order valence-electron chi connectivity index (χ2n) is 5.47. The number of likely N-dealkylation sites (N-methyl/N-ethyl adjacent to an activating group) is 1. The van der Waals surface area contributed by atoms with E-state index in [-0.39, 0.29) is 6.04 Å². The Balaban J connectivity index is 2.16. The van der Waals surface area contributed by atoms with Crippen LogP contribution in [0.1, 0.15) is 38.3 Å². The minimum Gasteiger partial charge on any atom is -0.309 e. The molecule has 0 saturated carbocycles. The van der Waals surface area contributed by atoms with E-state index in [2.05, 4.69) is 41.2 Å². The van der Waals surface area contributed by atoms with Gasteiger partial charge in [-0.3, -0.25) is 4.98 Å². The zero-order valence-corrected chi connectivity index (χ0v) is 13.5. The Labute approximate surface area is 130 Å². The molecule has 2 aromatic rings. The van der Waals surface area contributed by atoms with E-state index in [9.17, 15) is 0 Å². The highest BCUT2D eigenvalue weighted by molar-refractivity contribution is 6.30. The summed E-state index contributed by atoms with van der Waals surface area (Å²) in [5.41, 5.74) is 0.973. The number of nitrogens with zero attached hydrogens (tertiary/aromatic N) is 4. The number of nitrogens with one attached hydrogen (secondary N) is 1. The minimum absolute atomic E-state index is 0.113. The van der Waals surface area contributed by atoms with E-state index in [0.717, 1.165) is 31.0 Å². The lowest BCUT2D eigenvalue weighted by molar-refractivity contribution is 0.444. The molecule has 0 radical (unpaired) electrons. The Morgan fingerprint density at radius 2 is 2.10 bits per heavy atom. The Kier molecular flexibility index (Phi) is 5.70. The summed E-state index contributed by atoms with van der Waals surface area (Å²) in [6.45, 7) is 8.18. The molecule has 0 aromatic carbocycles. The van der Waals surface area contributed by atoms with E-state index < -0.39 is 0 Å². The predicted octanol–water partition coefficient (Wildman–Crippen LogP) is 2.88. The van der Waals surface area contributed by atoms with Crippen molar-refractivity contribution < 1.29 is 0 Å². The molecule has 21 heavy (non-hydrogen) atoms. The molecule has 1 atom stereocenters. The lowest BCUT2D eigenvalue weighted by atomic mass is 10.1. The summed E-state index contributed by atoms with van der Waals surface area (Å²) >= 11 is 5.91. The molecule has 0 spiro atoms. The van der Waals surface area contributed by atoms with Gasteiger partial charge in [0.25, 0.3) is 0 Å². The van der Waals surface area contributed by atoms with Gasteiger partial charge in [0.1, 0.15) is 12.2 Å². The van der Waals surface area contributed by atoms with Gasteiger partial charge in [-0.1, -0.05) is 32.4 Å². The smallest absolute Gasteiger partial charge is 0.138 e. The van der Waals surface area contributed by atoms with Gasteiger partial charge in [0.2, 0.25) is 0 Å². The lowest BCUT2D eigenvalue weighted by Gasteiger charge is -2.18. The molecular weight excluding hydrogens is 286 g/mol. The van der Waals surface area contributed by atoms with Crippen LogP contribution in [0.15, 0.2) is 24.7 Å². The highest BCUT2D eigenvalue weighted by Crippen LogP contribution is 2.17. The van der Waals surface area contributed by atoms with Crippen molar-refractivity contribution in [2.75, 3.05) is 6.54 Å². The van der Waals surface area contributed by atoms with E-state index in [0.29, 0.717) is 10.9 Å². The number of hydrogen-bond acceptors (Lipinski definition) is 4. The number of rotatable bonds is 7. The Morgan fingerprint density at radius 1 is 1.29 bits per heavy atom. The van der Waals surface area contributed by atoms with Crippen LogP contribution in [-0.2, 0) is 13.0 Å². The van der Waals surface area contributed by atoms with E-state index in [1.54, 1.807) is 12.5 Å². The van der Waals surface area contributed by atoms with Crippen molar-refractivity contribution in [1.82, 2.24) is 25.1 Å². The second-order valence-corrected chi connectivity index (χ2v) is 5.90. The molecule has 114 valence electrons. The molecular formula is C15H22ClN5. The molecule has 2 aromatic heterocycles. The third-order valence-electron chi connectivity index (χ3n) is 3.18. The number of aromatic nitrogens is 4. The van der Waals surface area contributed by atoms with Gasteiger partial charge in [-0.05, 0) is 24.6 Å². The Morgan fingerprint density at radius 3 is 2.71 bits per heavy atom. The summed E-state index contributed by atoms with van der Waals surface area (Å²) in [5.74, 6) is 1.52. The SMILES string of the molecule is CCNC(Cc1ncnn1CC(C)C)c1ccc(Cl)cn1. The largest absolute Gasteiger partial charge is 0.309 e. The van der Waals surface area contributed by atoms with Crippen molar-refractivity contribution in [2.45, 2.75) is 39.8 Å². The maximum atomic E-state index is 5.91. The fourth-order valence-corrected chi connectivity index (χ4v) is 2.36. The first-order chi connectivity index (χ1) is 10.1. The summed E-state index contributed by atoms with van der Waals surface area (Å²) in [6, 6.07) is 3.94. The van der Waals surface area contributed by atoms with Crippen molar-refractivity contribution in [3.63, 3.8) is 0 Å². The molecule has 0 aliphatic carbocycles. The molecule has 0 aliphatic rings. The fourth-order valence-electron chi connectivity index (χ4n) is 2.25. The van der Waals surface area contributed by atoms with E-state index >= 15 is 0 Å². The van der Waals surface area contributed by atoms with Gasteiger partial charge in [0.05, 0.1) is 16.8 Å². The average molecular weight is 308 g/mol. The quantitative estimate of drug-likeness (QED) is 0.854. The number of halogens is 1. The van der Waals surface area contributed by atoms with Crippen molar-refractivity contribution in [3.05, 3.63) is 41.2 Å². The maximum absolute atomic E-state index is 5.91. The molecule has 6 heteroatoms. The fraction of sp³-hybridized carbons (Fsp3) is 0.533. The van der Waals surface area contributed by atoms with Crippen LogP contribution in [0.25, 0.3) is 0 Å². The molecule has 0 aliphatic heterocycles. The second kappa shape index (κ2) is 7.52. The minimum atomic E-state index is 0.113. The third-order valence-corrected chi connectivity index (χ3v) is 3.40. The van der Waals surface area contributed by atoms with Crippen LogP contribution in [0.4, 0.5) is 0 Å². The van der Waals surface area contributed by atoms with Gasteiger partial charge in [-0.2, -0.15) is 5.10 Å². The molecule has 0 bridgehead atoms. The van der Waals surface area contributed by atoms with Crippen LogP contribution in [0, 0.1) is 5.92 Å². The summed E-state index contributed by atoms with van der Waals surface area (Å²) < 4.78 is 1.98. The molecule has 1 N–H and O–H groups in total. The van der Waals surface area contributed by atoms with Crippen molar-refractivity contribution in [3.8, 4) is 0 Å². The summed E-state index contributed by atoms with van der Waals surface area (Å²) in [4.78, 5) is 8.81. The summed E-state index contributed by atoms with van der Waals surface area (Å²) in [6.07, 6.45) is 4.06. The zero-order valence-electron chi connectivity index (χ0n) is 12.8. The molecule has 2 heterocycles. The highest BCUT2D eigenvalue weighted by Gasteiger charge is 2.16. The van der Waals surface area contributed by atoms with Gasteiger partial charge < -0.3 is 5.32 Å². The molecule has 1 unspecified atom stereocenters. The van der Waals surface area contributed by atoms with Gasteiger partial charge in [0.15, 0.2) is 0 Å². The average Bonchev–Trinajstić information content (AvgIpc) is 2.86. The van der Waals surface area contributed by atoms with Crippen LogP contribution < -0.4 is 5.32 Å². The molecule has 0 amide bonds. The summed E-state index contributed by atoms with van der Waals surface area (Å²) in [7, 11) is 0. The molecule has 0 fully saturated rings. The van der Waals surface area contributed by atoms with Crippen LogP contribution >= 0.6 is 11.6 Å². The topological polar surface area (TPSA) is 55.6 Å². The lowest BCUT2D eigenvalue weighted by Crippen LogP contribution is -2.25. The molecule has 5 nitrogen and oxygen atoms in total. The normalized spacial score (nSPS) is 12.8. The van der Waals surface area contributed by atoms with Crippen molar-refractivity contribution in [1.29, 1.82) is 0 Å². The number of pyridine rings is 1. The van der Waals surface area contributed by atoms with Gasteiger partial charge >= 0.3 is 0 Å².